The first kappa shape index (κ1) is 18.0. The molecule has 0 nitrogen and oxygen atoms in total. The Morgan fingerprint density at radius 1 is 0.357 bits per heavy atom. The van der Waals surface area contributed by atoms with E-state index in [0.29, 0.717) is 0 Å². The lowest BCUT2D eigenvalue weighted by Gasteiger charge is -2.11. The van der Waals surface area contributed by atoms with E-state index in [4.69, 9.17) is 0 Å². The predicted molar refractivity (Wildman–Crippen MR) is 122 cm³/mol. The molecule has 0 fully saturated rings. The van der Waals surface area contributed by atoms with Crippen LogP contribution in [0.1, 0.15) is 25.0 Å². The first-order valence-corrected chi connectivity index (χ1v) is 9.71. The maximum Gasteiger partial charge on any atom is -0.0184 e. The molecule has 0 heteroatoms. The fourth-order valence-corrected chi connectivity index (χ4v) is 3.52. The Hall–Kier alpha value is -3.38. The van der Waals surface area contributed by atoms with Gasteiger partial charge in [-0.05, 0) is 58.4 Å². The summed E-state index contributed by atoms with van der Waals surface area (Å²) in [5.74, 6) is 0. The minimum absolute atomic E-state index is 1.25. The highest BCUT2D eigenvalue weighted by Crippen LogP contribution is 2.29. The summed E-state index contributed by atoms with van der Waals surface area (Å²) < 4.78 is 0. The lowest BCUT2D eigenvalue weighted by Crippen LogP contribution is -1.88. The Labute approximate surface area is 167 Å². The molecule has 0 spiro atoms. The van der Waals surface area contributed by atoms with Crippen LogP contribution in [-0.2, 0) is 0 Å². The molecular formula is C28H24. The molecule has 0 amide bonds. The summed E-state index contributed by atoms with van der Waals surface area (Å²) in [5, 5.41) is 0. The van der Waals surface area contributed by atoms with Crippen LogP contribution in [0.3, 0.4) is 0 Å². The van der Waals surface area contributed by atoms with Crippen LogP contribution in [0, 0.1) is 0 Å². The van der Waals surface area contributed by atoms with E-state index in [0.717, 1.165) is 0 Å². The van der Waals surface area contributed by atoms with Crippen molar-refractivity contribution in [2.45, 2.75) is 13.8 Å². The van der Waals surface area contributed by atoms with E-state index in [1.54, 1.807) is 0 Å². The molecule has 4 aromatic carbocycles. The van der Waals surface area contributed by atoms with Crippen molar-refractivity contribution in [3.05, 3.63) is 120 Å². The van der Waals surface area contributed by atoms with Gasteiger partial charge in [-0.3, -0.25) is 0 Å². The normalized spacial score (nSPS) is 11.8. The minimum Gasteiger partial charge on any atom is -0.0622 e. The number of rotatable bonds is 4. The van der Waals surface area contributed by atoms with E-state index >= 15 is 0 Å². The summed E-state index contributed by atoms with van der Waals surface area (Å²) in [7, 11) is 0. The largest absolute Gasteiger partial charge is 0.0622 e. The van der Waals surface area contributed by atoms with Gasteiger partial charge in [-0.1, -0.05) is 109 Å². The van der Waals surface area contributed by atoms with Gasteiger partial charge < -0.3 is 0 Å². The maximum atomic E-state index is 2.22. The lowest BCUT2D eigenvalue weighted by molar-refractivity contribution is 1.50. The van der Waals surface area contributed by atoms with Gasteiger partial charge in [0, 0.05) is 0 Å². The third-order valence-electron chi connectivity index (χ3n) is 5.41. The number of allylic oxidation sites excluding steroid dienone is 2. The van der Waals surface area contributed by atoms with Crippen molar-refractivity contribution in [1.82, 2.24) is 0 Å². The van der Waals surface area contributed by atoms with Crippen LogP contribution in [0.25, 0.3) is 33.4 Å². The average molecular weight is 361 g/mol. The molecule has 28 heavy (non-hydrogen) atoms. The fraction of sp³-hybridized carbons (Fsp3) is 0.0714. The summed E-state index contributed by atoms with van der Waals surface area (Å²) in [4.78, 5) is 0. The Bertz CT molecular complexity index is 977. The van der Waals surface area contributed by atoms with E-state index in [-0.39, 0.29) is 0 Å². The van der Waals surface area contributed by atoms with E-state index in [1.165, 1.54) is 44.5 Å². The van der Waals surface area contributed by atoms with Crippen molar-refractivity contribution in [1.29, 1.82) is 0 Å². The summed E-state index contributed by atoms with van der Waals surface area (Å²) >= 11 is 0. The second-order valence-electron chi connectivity index (χ2n) is 7.14. The van der Waals surface area contributed by atoms with Gasteiger partial charge in [0.2, 0.25) is 0 Å². The van der Waals surface area contributed by atoms with Crippen molar-refractivity contribution in [3.63, 3.8) is 0 Å². The van der Waals surface area contributed by atoms with Crippen molar-refractivity contribution in [2.75, 3.05) is 0 Å². The molecule has 0 aliphatic carbocycles. The molecular weight excluding hydrogens is 336 g/mol. The molecule has 0 unspecified atom stereocenters. The zero-order valence-corrected chi connectivity index (χ0v) is 16.4. The topological polar surface area (TPSA) is 0 Å². The second-order valence-corrected chi connectivity index (χ2v) is 7.14. The van der Waals surface area contributed by atoms with Crippen molar-refractivity contribution in [3.8, 4) is 22.3 Å². The van der Waals surface area contributed by atoms with Crippen LogP contribution >= 0.6 is 0 Å². The highest BCUT2D eigenvalue weighted by Gasteiger charge is 2.05. The molecule has 0 saturated carbocycles. The Balaban J connectivity index is 1.60. The molecule has 136 valence electrons. The lowest BCUT2D eigenvalue weighted by atomic mass is 9.94. The molecule has 0 bridgehead atoms. The first-order valence-electron chi connectivity index (χ1n) is 9.71. The van der Waals surface area contributed by atoms with E-state index in [1.807, 2.05) is 0 Å². The third kappa shape index (κ3) is 3.82. The van der Waals surface area contributed by atoms with Crippen LogP contribution in [0.5, 0.6) is 0 Å². The van der Waals surface area contributed by atoms with Crippen LogP contribution in [-0.4, -0.2) is 0 Å². The standard InChI is InChI=1S/C28H24/c1-21(23-13-17-27(18-14-23)25-9-5-3-6-10-25)22(2)24-15-19-28(20-16-24)26-11-7-4-8-12-26/h3-20H,1-2H3/b22-21-. The zero-order chi connectivity index (χ0) is 19.3. The van der Waals surface area contributed by atoms with Gasteiger partial charge in [0.15, 0.2) is 0 Å². The molecule has 0 aliphatic rings. The molecule has 0 N–H and O–H groups in total. The monoisotopic (exact) mass is 360 g/mol. The molecule has 0 saturated heterocycles. The van der Waals surface area contributed by atoms with E-state index < -0.39 is 0 Å². The number of hydrogen-bond donors (Lipinski definition) is 0. The molecule has 4 aromatic rings. The summed E-state index contributed by atoms with van der Waals surface area (Å²) in [6, 6.07) is 38.7. The molecule has 0 atom stereocenters. The van der Waals surface area contributed by atoms with Crippen molar-refractivity contribution in [2.24, 2.45) is 0 Å². The van der Waals surface area contributed by atoms with Gasteiger partial charge >= 0.3 is 0 Å². The molecule has 4 rings (SSSR count). The maximum absolute atomic E-state index is 2.22. The second kappa shape index (κ2) is 8.10. The van der Waals surface area contributed by atoms with Crippen LogP contribution < -0.4 is 0 Å². The molecule has 0 heterocycles. The number of hydrogen-bond acceptors (Lipinski definition) is 0. The smallest absolute Gasteiger partial charge is 0.0184 e. The number of benzene rings is 4. The van der Waals surface area contributed by atoms with Gasteiger partial charge in [-0.2, -0.15) is 0 Å². The Kier molecular flexibility index (Phi) is 5.21. The highest BCUT2D eigenvalue weighted by atomic mass is 14.1. The fourth-order valence-electron chi connectivity index (χ4n) is 3.52. The average Bonchev–Trinajstić information content (AvgIpc) is 2.79. The predicted octanol–water partition coefficient (Wildman–Crippen LogP) is 7.97. The van der Waals surface area contributed by atoms with Crippen LogP contribution in [0.4, 0.5) is 0 Å². The van der Waals surface area contributed by atoms with E-state index in [9.17, 15) is 0 Å². The summed E-state index contributed by atoms with van der Waals surface area (Å²) in [6.07, 6.45) is 0. The van der Waals surface area contributed by atoms with Gasteiger partial charge in [-0.15, -0.1) is 0 Å². The minimum atomic E-state index is 1.25. The van der Waals surface area contributed by atoms with Crippen LogP contribution in [0.2, 0.25) is 0 Å². The van der Waals surface area contributed by atoms with Gasteiger partial charge in [-0.25, -0.2) is 0 Å². The molecule has 0 aliphatic heterocycles. The highest BCUT2D eigenvalue weighted by molar-refractivity contribution is 5.89. The van der Waals surface area contributed by atoms with Crippen LogP contribution in [0.15, 0.2) is 109 Å². The third-order valence-corrected chi connectivity index (χ3v) is 5.41. The zero-order valence-electron chi connectivity index (χ0n) is 16.4. The molecule has 0 aromatic heterocycles. The molecule has 0 radical (unpaired) electrons. The summed E-state index contributed by atoms with van der Waals surface area (Å²) in [5.41, 5.74) is 10.2. The van der Waals surface area contributed by atoms with Crippen molar-refractivity contribution < 1.29 is 0 Å². The first-order chi connectivity index (χ1) is 13.7. The Morgan fingerprint density at radius 2 is 0.643 bits per heavy atom. The van der Waals surface area contributed by atoms with Crippen molar-refractivity contribution >= 4 is 11.1 Å². The van der Waals surface area contributed by atoms with Gasteiger partial charge in [0.1, 0.15) is 0 Å². The van der Waals surface area contributed by atoms with E-state index in [2.05, 4.69) is 123 Å². The van der Waals surface area contributed by atoms with Gasteiger partial charge in [0.05, 0.1) is 0 Å². The Morgan fingerprint density at radius 3 is 0.964 bits per heavy atom. The summed E-state index contributed by atoms with van der Waals surface area (Å²) in [6.45, 7) is 4.41. The van der Waals surface area contributed by atoms with Gasteiger partial charge in [0.25, 0.3) is 0 Å². The SMILES string of the molecule is C/C(=C(\C)c1ccc(-c2ccccc2)cc1)c1ccc(-c2ccccc2)cc1. The quantitative estimate of drug-likeness (QED) is 0.324.